The monoisotopic (exact) mass is 272 g/mol. The molecule has 2 aromatic rings. The number of pyridine rings is 1. The molecule has 0 amide bonds. The van der Waals surface area contributed by atoms with Crippen LogP contribution in [0, 0.1) is 6.92 Å². The Morgan fingerprint density at radius 1 is 1.25 bits per heavy atom. The number of methoxy groups -OCH3 is 1. The van der Waals surface area contributed by atoms with Crippen LogP contribution in [0.4, 0.5) is 0 Å². The molecule has 2 rings (SSSR count). The van der Waals surface area contributed by atoms with Crippen LogP contribution in [-0.4, -0.2) is 19.1 Å². The number of benzene rings is 1. The third kappa shape index (κ3) is 3.71. The first-order chi connectivity index (χ1) is 9.72. The van der Waals surface area contributed by atoms with Crippen molar-refractivity contribution in [3.05, 3.63) is 53.3 Å². The predicted octanol–water partition coefficient (Wildman–Crippen LogP) is 2.70. The zero-order valence-corrected chi connectivity index (χ0v) is 12.1. The van der Waals surface area contributed by atoms with Gasteiger partial charge >= 0.3 is 0 Å². The predicted molar refractivity (Wildman–Crippen MR) is 79.1 cm³/mol. The first kappa shape index (κ1) is 14.3. The molecule has 20 heavy (non-hydrogen) atoms. The number of nitrogens with zero attached hydrogens (tertiary/aromatic N) is 1. The normalized spacial score (nSPS) is 10.3. The molecule has 0 atom stereocenters. The van der Waals surface area contributed by atoms with Gasteiger partial charge < -0.3 is 14.8 Å². The van der Waals surface area contributed by atoms with E-state index in [1.165, 1.54) is 0 Å². The molecule has 1 heterocycles. The lowest BCUT2D eigenvalue weighted by atomic mass is 10.2. The van der Waals surface area contributed by atoms with Crippen LogP contribution >= 0.6 is 0 Å². The summed E-state index contributed by atoms with van der Waals surface area (Å²) in [7, 11) is 3.57. The Balaban J connectivity index is 2.11. The zero-order chi connectivity index (χ0) is 14.4. The second-order valence-electron chi connectivity index (χ2n) is 4.60. The van der Waals surface area contributed by atoms with Crippen molar-refractivity contribution < 1.29 is 9.47 Å². The summed E-state index contributed by atoms with van der Waals surface area (Å²) in [4.78, 5) is 4.30. The molecular weight excluding hydrogens is 252 g/mol. The largest absolute Gasteiger partial charge is 0.497 e. The summed E-state index contributed by atoms with van der Waals surface area (Å²) in [5, 5.41) is 3.12. The Hall–Kier alpha value is -2.07. The molecular formula is C16H20N2O2. The molecule has 1 aromatic carbocycles. The van der Waals surface area contributed by atoms with Gasteiger partial charge in [0.25, 0.3) is 0 Å². The number of aryl methyl sites for hydroxylation is 1. The van der Waals surface area contributed by atoms with Crippen LogP contribution in [0.2, 0.25) is 0 Å². The van der Waals surface area contributed by atoms with E-state index in [4.69, 9.17) is 9.47 Å². The number of nitrogens with one attached hydrogen (secondary N) is 1. The molecule has 0 fully saturated rings. The minimum atomic E-state index is 0.511. The van der Waals surface area contributed by atoms with Gasteiger partial charge in [0.15, 0.2) is 0 Å². The molecule has 1 aromatic heterocycles. The zero-order valence-electron chi connectivity index (χ0n) is 12.1. The van der Waals surface area contributed by atoms with Crippen molar-refractivity contribution in [2.45, 2.75) is 20.1 Å². The first-order valence-electron chi connectivity index (χ1n) is 6.59. The van der Waals surface area contributed by atoms with Crippen molar-refractivity contribution >= 4 is 0 Å². The summed E-state index contributed by atoms with van der Waals surface area (Å²) in [6.45, 7) is 3.21. The van der Waals surface area contributed by atoms with Crippen LogP contribution in [-0.2, 0) is 13.2 Å². The Bertz CT molecular complexity index is 570. The molecule has 0 saturated carbocycles. The van der Waals surface area contributed by atoms with Gasteiger partial charge in [-0.05, 0) is 31.7 Å². The highest BCUT2D eigenvalue weighted by molar-refractivity contribution is 5.34. The van der Waals surface area contributed by atoms with E-state index in [1.54, 1.807) is 7.11 Å². The highest BCUT2D eigenvalue weighted by Crippen LogP contribution is 2.21. The van der Waals surface area contributed by atoms with E-state index >= 15 is 0 Å². The fourth-order valence-electron chi connectivity index (χ4n) is 1.94. The first-order valence-corrected chi connectivity index (χ1v) is 6.59. The van der Waals surface area contributed by atoms with E-state index in [1.807, 2.05) is 50.5 Å². The van der Waals surface area contributed by atoms with Crippen molar-refractivity contribution in [2.24, 2.45) is 0 Å². The third-order valence-electron chi connectivity index (χ3n) is 2.98. The molecule has 0 unspecified atom stereocenters. The lowest BCUT2D eigenvalue weighted by Gasteiger charge is -2.12. The van der Waals surface area contributed by atoms with Gasteiger partial charge in [-0.1, -0.05) is 12.1 Å². The van der Waals surface area contributed by atoms with Crippen LogP contribution in [0.15, 0.2) is 36.5 Å². The average molecular weight is 272 g/mol. The number of hydrogen-bond donors (Lipinski definition) is 1. The fourth-order valence-corrected chi connectivity index (χ4v) is 1.94. The Kier molecular flexibility index (Phi) is 4.96. The lowest BCUT2D eigenvalue weighted by molar-refractivity contribution is 0.300. The van der Waals surface area contributed by atoms with Crippen molar-refractivity contribution in [1.82, 2.24) is 10.3 Å². The van der Waals surface area contributed by atoms with Gasteiger partial charge in [-0.3, -0.25) is 4.98 Å². The highest BCUT2D eigenvalue weighted by Gasteiger charge is 2.05. The molecule has 0 aliphatic carbocycles. The molecule has 0 bridgehead atoms. The molecule has 4 nitrogen and oxygen atoms in total. The standard InChI is InChI=1S/C16H20N2O2/c1-12-7-16(14(9-17-2)10-18-12)20-11-13-5-4-6-15(8-13)19-3/h4-8,10,17H,9,11H2,1-3H3. The number of ether oxygens (including phenoxy) is 2. The summed E-state index contributed by atoms with van der Waals surface area (Å²) >= 11 is 0. The van der Waals surface area contributed by atoms with Crippen LogP contribution in [0.25, 0.3) is 0 Å². The topological polar surface area (TPSA) is 43.4 Å². The van der Waals surface area contributed by atoms with E-state index in [-0.39, 0.29) is 0 Å². The summed E-state index contributed by atoms with van der Waals surface area (Å²) in [6, 6.07) is 9.85. The maximum Gasteiger partial charge on any atom is 0.127 e. The minimum Gasteiger partial charge on any atom is -0.497 e. The highest BCUT2D eigenvalue weighted by atomic mass is 16.5. The van der Waals surface area contributed by atoms with Gasteiger partial charge in [0, 0.05) is 30.1 Å². The molecule has 0 spiro atoms. The minimum absolute atomic E-state index is 0.511. The summed E-state index contributed by atoms with van der Waals surface area (Å²) in [5.41, 5.74) is 3.08. The molecule has 1 N–H and O–H groups in total. The smallest absolute Gasteiger partial charge is 0.127 e. The van der Waals surface area contributed by atoms with Crippen LogP contribution in [0.1, 0.15) is 16.8 Å². The van der Waals surface area contributed by atoms with Crippen molar-refractivity contribution in [3.63, 3.8) is 0 Å². The van der Waals surface area contributed by atoms with Crippen molar-refractivity contribution in [3.8, 4) is 11.5 Å². The van der Waals surface area contributed by atoms with Gasteiger partial charge in [-0.25, -0.2) is 0 Å². The van der Waals surface area contributed by atoms with Gasteiger partial charge in [-0.2, -0.15) is 0 Å². The van der Waals surface area contributed by atoms with E-state index in [0.717, 1.165) is 34.9 Å². The molecule has 4 heteroatoms. The number of hydrogen-bond acceptors (Lipinski definition) is 4. The van der Waals surface area contributed by atoms with Crippen molar-refractivity contribution in [2.75, 3.05) is 14.2 Å². The van der Waals surface area contributed by atoms with E-state index in [0.29, 0.717) is 6.61 Å². The number of rotatable bonds is 6. The fraction of sp³-hybridized carbons (Fsp3) is 0.312. The second kappa shape index (κ2) is 6.91. The van der Waals surface area contributed by atoms with Gasteiger partial charge in [-0.15, -0.1) is 0 Å². The molecule has 0 aliphatic heterocycles. The summed E-state index contributed by atoms with van der Waals surface area (Å²) in [5.74, 6) is 1.71. The van der Waals surface area contributed by atoms with Gasteiger partial charge in [0.05, 0.1) is 7.11 Å². The maximum atomic E-state index is 5.92. The Morgan fingerprint density at radius 2 is 2.10 bits per heavy atom. The van der Waals surface area contributed by atoms with Crippen LogP contribution < -0.4 is 14.8 Å². The number of aromatic nitrogens is 1. The lowest BCUT2D eigenvalue weighted by Crippen LogP contribution is -2.08. The quantitative estimate of drug-likeness (QED) is 0.878. The molecule has 0 radical (unpaired) electrons. The summed E-state index contributed by atoms with van der Waals surface area (Å²) < 4.78 is 11.1. The Morgan fingerprint density at radius 3 is 2.85 bits per heavy atom. The van der Waals surface area contributed by atoms with Gasteiger partial charge in [0.2, 0.25) is 0 Å². The van der Waals surface area contributed by atoms with E-state index < -0.39 is 0 Å². The average Bonchev–Trinajstić information content (AvgIpc) is 2.48. The SMILES string of the molecule is CNCc1cnc(C)cc1OCc1cccc(OC)c1. The molecule has 0 aliphatic rings. The van der Waals surface area contributed by atoms with Crippen LogP contribution in [0.3, 0.4) is 0 Å². The maximum absolute atomic E-state index is 5.92. The third-order valence-corrected chi connectivity index (χ3v) is 2.98. The van der Waals surface area contributed by atoms with E-state index in [9.17, 15) is 0 Å². The van der Waals surface area contributed by atoms with E-state index in [2.05, 4.69) is 10.3 Å². The molecule has 106 valence electrons. The van der Waals surface area contributed by atoms with Crippen LogP contribution in [0.5, 0.6) is 11.5 Å². The van der Waals surface area contributed by atoms with Crippen molar-refractivity contribution in [1.29, 1.82) is 0 Å². The summed E-state index contributed by atoms with van der Waals surface area (Å²) in [6.07, 6.45) is 1.85. The van der Waals surface area contributed by atoms with Gasteiger partial charge in [0.1, 0.15) is 18.1 Å². The second-order valence-corrected chi connectivity index (χ2v) is 4.60. The molecule has 0 saturated heterocycles. The Labute approximate surface area is 119 Å².